The zero-order valence-corrected chi connectivity index (χ0v) is 17.0. The van der Waals surface area contributed by atoms with Crippen molar-refractivity contribution in [3.63, 3.8) is 0 Å². The minimum Gasteiger partial charge on any atom is -0.481 e. The van der Waals surface area contributed by atoms with Gasteiger partial charge >= 0.3 is 5.97 Å². The summed E-state index contributed by atoms with van der Waals surface area (Å²) in [4.78, 5) is 33.4. The molecule has 0 bridgehead atoms. The molecule has 152 valence electrons. The Morgan fingerprint density at radius 2 is 1.86 bits per heavy atom. The quantitative estimate of drug-likeness (QED) is 0.845. The number of likely N-dealkylation sites (tertiary alicyclic amines) is 2. The van der Waals surface area contributed by atoms with Crippen molar-refractivity contribution in [3.8, 4) is 0 Å². The fourth-order valence-electron chi connectivity index (χ4n) is 4.87. The number of benzene rings is 1. The normalized spacial score (nSPS) is 23.9. The van der Waals surface area contributed by atoms with Crippen LogP contribution in [0.2, 0.25) is 0 Å². The summed E-state index contributed by atoms with van der Waals surface area (Å²) < 4.78 is 0. The van der Waals surface area contributed by atoms with Crippen molar-refractivity contribution < 1.29 is 14.7 Å². The molecule has 0 aliphatic carbocycles. The topological polar surface area (TPSA) is 73.7 Å². The maximum absolute atomic E-state index is 12.9. The van der Waals surface area contributed by atoms with Crippen molar-refractivity contribution in [2.24, 2.45) is 11.3 Å². The van der Waals surface area contributed by atoms with Gasteiger partial charge in [0.25, 0.3) is 5.91 Å². The zero-order chi connectivity index (χ0) is 20.6. The number of pyridine rings is 1. The van der Waals surface area contributed by atoms with Gasteiger partial charge in [0.15, 0.2) is 0 Å². The van der Waals surface area contributed by atoms with Crippen molar-refractivity contribution in [1.82, 2.24) is 14.8 Å². The summed E-state index contributed by atoms with van der Waals surface area (Å²) in [6.07, 6.45) is 0.962. The second-order valence-corrected chi connectivity index (χ2v) is 8.30. The predicted octanol–water partition coefficient (Wildman–Crippen LogP) is 2.61. The van der Waals surface area contributed by atoms with Crippen molar-refractivity contribution in [2.75, 3.05) is 26.2 Å². The predicted molar refractivity (Wildman–Crippen MR) is 110 cm³/mol. The van der Waals surface area contributed by atoms with E-state index in [4.69, 9.17) is 0 Å². The SMILES string of the molecule is CCc1ccccc1CN1C[C@@H]2CN(C(=O)c3cccc(C)n3)C[C@]2(C(=O)O)C1. The van der Waals surface area contributed by atoms with Crippen LogP contribution in [0.4, 0.5) is 0 Å². The van der Waals surface area contributed by atoms with Gasteiger partial charge in [0.05, 0.1) is 0 Å². The highest BCUT2D eigenvalue weighted by Crippen LogP contribution is 2.43. The molecule has 4 rings (SSSR count). The van der Waals surface area contributed by atoms with Crippen molar-refractivity contribution >= 4 is 11.9 Å². The summed E-state index contributed by atoms with van der Waals surface area (Å²) in [5.41, 5.74) is 2.83. The highest BCUT2D eigenvalue weighted by Gasteiger charge is 2.58. The summed E-state index contributed by atoms with van der Waals surface area (Å²) >= 11 is 0. The first-order valence-corrected chi connectivity index (χ1v) is 10.2. The summed E-state index contributed by atoms with van der Waals surface area (Å²) in [7, 11) is 0. The summed E-state index contributed by atoms with van der Waals surface area (Å²) in [5.74, 6) is -1.05. The molecular weight excluding hydrogens is 366 g/mol. The van der Waals surface area contributed by atoms with E-state index in [1.165, 1.54) is 11.1 Å². The molecule has 1 aromatic carbocycles. The number of rotatable bonds is 5. The third-order valence-electron chi connectivity index (χ3n) is 6.39. The molecule has 6 nitrogen and oxygen atoms in total. The van der Waals surface area contributed by atoms with Crippen LogP contribution in [0.5, 0.6) is 0 Å². The van der Waals surface area contributed by atoms with Gasteiger partial charge in [-0.1, -0.05) is 37.3 Å². The highest BCUT2D eigenvalue weighted by atomic mass is 16.4. The Hall–Kier alpha value is -2.73. The Labute approximate surface area is 171 Å². The van der Waals surface area contributed by atoms with Gasteiger partial charge in [-0.25, -0.2) is 4.98 Å². The smallest absolute Gasteiger partial charge is 0.313 e. The van der Waals surface area contributed by atoms with E-state index in [-0.39, 0.29) is 18.4 Å². The molecule has 0 spiro atoms. The number of aryl methyl sites for hydroxylation is 2. The fraction of sp³-hybridized carbons (Fsp3) is 0.435. The first-order chi connectivity index (χ1) is 13.9. The molecular formula is C23H27N3O3. The molecule has 0 saturated carbocycles. The van der Waals surface area contributed by atoms with Crippen LogP contribution in [0.15, 0.2) is 42.5 Å². The zero-order valence-electron chi connectivity index (χ0n) is 17.0. The van der Waals surface area contributed by atoms with Crippen molar-refractivity contribution in [3.05, 3.63) is 65.0 Å². The molecule has 0 radical (unpaired) electrons. The average molecular weight is 393 g/mol. The van der Waals surface area contributed by atoms with Crippen LogP contribution in [0.1, 0.15) is 34.2 Å². The van der Waals surface area contributed by atoms with E-state index in [0.717, 1.165) is 18.7 Å². The maximum Gasteiger partial charge on any atom is 0.313 e. The molecule has 2 aliphatic heterocycles. The standard InChI is InChI=1S/C23H27N3O3/c1-3-17-8-4-5-9-18(17)11-25-12-19-13-26(15-23(19,14-25)22(28)29)21(27)20-10-6-7-16(2)24-20/h4-10,19H,3,11-15H2,1-2H3,(H,28,29)/t19-,23-/m1/s1. The fourth-order valence-corrected chi connectivity index (χ4v) is 4.87. The van der Waals surface area contributed by atoms with Gasteiger partial charge in [-0.15, -0.1) is 0 Å². The number of hydrogen-bond acceptors (Lipinski definition) is 4. The molecule has 6 heteroatoms. The number of aromatic nitrogens is 1. The number of carboxylic acids is 1. The molecule has 2 atom stereocenters. The minimum atomic E-state index is -0.902. The van der Waals surface area contributed by atoms with E-state index < -0.39 is 11.4 Å². The molecule has 29 heavy (non-hydrogen) atoms. The first-order valence-electron chi connectivity index (χ1n) is 10.2. The molecule has 3 heterocycles. The van der Waals surface area contributed by atoms with Crippen LogP contribution < -0.4 is 0 Å². The number of aliphatic carboxylic acids is 1. The van der Waals surface area contributed by atoms with Crippen LogP contribution in [0.3, 0.4) is 0 Å². The highest BCUT2D eigenvalue weighted by molar-refractivity contribution is 5.93. The molecule has 0 unspecified atom stereocenters. The van der Waals surface area contributed by atoms with E-state index in [1.54, 1.807) is 11.0 Å². The third-order valence-corrected chi connectivity index (χ3v) is 6.39. The number of fused-ring (bicyclic) bond motifs is 1. The van der Waals surface area contributed by atoms with Gasteiger partial charge in [-0.3, -0.25) is 14.5 Å². The van der Waals surface area contributed by atoms with Crippen LogP contribution in [0.25, 0.3) is 0 Å². The van der Waals surface area contributed by atoms with Gasteiger partial charge in [0, 0.05) is 44.3 Å². The number of amides is 1. The monoisotopic (exact) mass is 393 g/mol. The molecule has 1 amide bonds. The lowest BCUT2D eigenvalue weighted by atomic mass is 9.81. The number of carboxylic acid groups (broad SMARTS) is 1. The maximum atomic E-state index is 12.9. The van der Waals surface area contributed by atoms with E-state index in [0.29, 0.717) is 25.3 Å². The van der Waals surface area contributed by atoms with Crippen LogP contribution in [-0.2, 0) is 17.8 Å². The van der Waals surface area contributed by atoms with Gasteiger partial charge in [0.1, 0.15) is 11.1 Å². The van der Waals surface area contributed by atoms with E-state index in [9.17, 15) is 14.7 Å². The molecule has 2 saturated heterocycles. The van der Waals surface area contributed by atoms with Gasteiger partial charge in [-0.05, 0) is 36.6 Å². The molecule has 2 aromatic rings. The Kier molecular flexibility index (Phi) is 5.13. The Balaban J connectivity index is 1.51. The number of carbonyl (C=O) groups excluding carboxylic acids is 1. The van der Waals surface area contributed by atoms with Crippen LogP contribution >= 0.6 is 0 Å². The lowest BCUT2D eigenvalue weighted by Gasteiger charge is -2.26. The lowest BCUT2D eigenvalue weighted by Crippen LogP contribution is -2.42. The van der Waals surface area contributed by atoms with E-state index in [2.05, 4.69) is 28.9 Å². The first kappa shape index (κ1) is 19.6. The van der Waals surface area contributed by atoms with Gasteiger partial charge in [0.2, 0.25) is 0 Å². The molecule has 1 N–H and O–H groups in total. The summed E-state index contributed by atoms with van der Waals surface area (Å²) in [5, 5.41) is 10.1. The number of hydrogen-bond donors (Lipinski definition) is 1. The van der Waals surface area contributed by atoms with Crippen molar-refractivity contribution in [1.29, 1.82) is 0 Å². The third kappa shape index (κ3) is 3.53. The Morgan fingerprint density at radius 3 is 2.52 bits per heavy atom. The largest absolute Gasteiger partial charge is 0.481 e. The van der Waals surface area contributed by atoms with Crippen LogP contribution in [0, 0.1) is 18.3 Å². The summed E-state index contributed by atoms with van der Waals surface area (Å²) in [6, 6.07) is 13.7. The summed E-state index contributed by atoms with van der Waals surface area (Å²) in [6.45, 7) is 6.60. The van der Waals surface area contributed by atoms with Gasteiger partial charge < -0.3 is 10.0 Å². The second kappa shape index (κ2) is 7.59. The van der Waals surface area contributed by atoms with E-state index in [1.807, 2.05) is 31.2 Å². The van der Waals surface area contributed by atoms with Crippen molar-refractivity contribution in [2.45, 2.75) is 26.8 Å². The lowest BCUT2D eigenvalue weighted by molar-refractivity contribution is -0.148. The number of nitrogens with zero attached hydrogens (tertiary/aromatic N) is 3. The minimum absolute atomic E-state index is 0.0671. The Morgan fingerprint density at radius 1 is 1.10 bits per heavy atom. The molecule has 2 aliphatic rings. The molecule has 2 fully saturated rings. The Bertz CT molecular complexity index is 944. The second-order valence-electron chi connectivity index (χ2n) is 8.30. The number of carbonyl (C=O) groups is 2. The average Bonchev–Trinajstić information content (AvgIpc) is 3.23. The van der Waals surface area contributed by atoms with Gasteiger partial charge in [-0.2, -0.15) is 0 Å². The molecule has 1 aromatic heterocycles. The van der Waals surface area contributed by atoms with Crippen LogP contribution in [-0.4, -0.2) is 57.9 Å². The van der Waals surface area contributed by atoms with E-state index >= 15 is 0 Å².